The average molecular weight is 210 g/mol. The molecule has 0 aromatic heterocycles. The Morgan fingerprint density at radius 2 is 1.67 bits per heavy atom. The highest BCUT2D eigenvalue weighted by Crippen LogP contribution is 2.34. The molecule has 1 N–H and O–H groups in total. The zero-order chi connectivity index (χ0) is 10.7. The van der Waals surface area contributed by atoms with Crippen LogP contribution >= 0.6 is 0 Å². The fourth-order valence-corrected chi connectivity index (χ4v) is 3.18. The van der Waals surface area contributed by atoms with Crippen LogP contribution < -0.4 is 0 Å². The van der Waals surface area contributed by atoms with Crippen LogP contribution in [-0.4, -0.2) is 17.0 Å². The molecule has 0 spiro atoms. The Bertz CT molecular complexity index is 217. The minimum absolute atomic E-state index is 0.0203. The molecule has 0 unspecified atom stereocenters. The van der Waals surface area contributed by atoms with E-state index in [1.807, 2.05) is 0 Å². The van der Waals surface area contributed by atoms with E-state index in [2.05, 4.69) is 0 Å². The summed E-state index contributed by atoms with van der Waals surface area (Å²) in [6.45, 7) is 0. The number of rotatable bonds is 2. The Morgan fingerprint density at radius 3 is 2.20 bits per heavy atom. The van der Waals surface area contributed by atoms with Crippen molar-refractivity contribution in [3.05, 3.63) is 0 Å². The normalized spacial score (nSPS) is 31.5. The van der Waals surface area contributed by atoms with Gasteiger partial charge in [-0.05, 0) is 31.6 Å². The fraction of sp³-hybridized carbons (Fsp3) is 0.923. The minimum atomic E-state index is -0.335. The smallest absolute Gasteiger partial charge is 0.138 e. The summed E-state index contributed by atoms with van der Waals surface area (Å²) >= 11 is 0. The molecule has 0 radical (unpaired) electrons. The van der Waals surface area contributed by atoms with Crippen LogP contribution in [0.5, 0.6) is 0 Å². The summed E-state index contributed by atoms with van der Waals surface area (Å²) in [6.07, 6.45) is 9.64. The molecule has 0 aromatic carbocycles. The minimum Gasteiger partial charge on any atom is -0.392 e. The highest BCUT2D eigenvalue weighted by molar-refractivity contribution is 5.83. The van der Waals surface area contributed by atoms with E-state index in [0.29, 0.717) is 18.1 Å². The molecule has 15 heavy (non-hydrogen) atoms. The molecule has 0 bridgehead atoms. The average Bonchev–Trinajstić information content (AvgIpc) is 2.53. The summed E-state index contributed by atoms with van der Waals surface area (Å²) in [5.74, 6) is 0.694. The van der Waals surface area contributed by atoms with Gasteiger partial charge in [0.05, 0.1) is 6.10 Å². The maximum Gasteiger partial charge on any atom is 0.138 e. The lowest BCUT2D eigenvalue weighted by Gasteiger charge is -2.25. The van der Waals surface area contributed by atoms with E-state index in [4.69, 9.17) is 0 Å². The van der Waals surface area contributed by atoms with Crippen LogP contribution in [0.1, 0.15) is 57.8 Å². The standard InChI is InChI=1S/C13H22O2/c14-12-9-5-8-11(12)13(15)10-6-3-1-2-4-7-10/h10-11,13,15H,1-9H2/t11-,13-/m1/s1. The molecule has 0 saturated heterocycles. The zero-order valence-corrected chi connectivity index (χ0v) is 9.45. The van der Waals surface area contributed by atoms with E-state index in [0.717, 1.165) is 25.7 Å². The van der Waals surface area contributed by atoms with Gasteiger partial charge in [0.1, 0.15) is 5.78 Å². The van der Waals surface area contributed by atoms with E-state index in [9.17, 15) is 9.90 Å². The summed E-state index contributed by atoms with van der Waals surface area (Å²) in [4.78, 5) is 11.6. The molecule has 0 amide bonds. The van der Waals surface area contributed by atoms with Gasteiger partial charge in [-0.3, -0.25) is 4.79 Å². The second kappa shape index (κ2) is 5.11. The third kappa shape index (κ3) is 2.60. The Balaban J connectivity index is 1.92. The quantitative estimate of drug-likeness (QED) is 0.711. The number of ketones is 1. The van der Waals surface area contributed by atoms with Crippen molar-refractivity contribution in [3.63, 3.8) is 0 Å². The third-order valence-electron chi connectivity index (χ3n) is 4.15. The molecule has 86 valence electrons. The number of aliphatic hydroxyl groups is 1. The van der Waals surface area contributed by atoms with Crippen molar-refractivity contribution in [2.75, 3.05) is 0 Å². The zero-order valence-electron chi connectivity index (χ0n) is 9.45. The number of carbonyl (C=O) groups is 1. The van der Waals surface area contributed by atoms with Gasteiger partial charge in [0.2, 0.25) is 0 Å². The number of carbonyl (C=O) groups excluding carboxylic acids is 1. The summed E-state index contributed by atoms with van der Waals surface area (Å²) in [5, 5.41) is 10.2. The second-order valence-corrected chi connectivity index (χ2v) is 5.21. The van der Waals surface area contributed by atoms with Gasteiger partial charge in [-0.15, -0.1) is 0 Å². The fourth-order valence-electron chi connectivity index (χ4n) is 3.18. The molecule has 2 aliphatic carbocycles. The monoisotopic (exact) mass is 210 g/mol. The highest BCUT2D eigenvalue weighted by atomic mass is 16.3. The predicted molar refractivity (Wildman–Crippen MR) is 59.5 cm³/mol. The molecule has 2 atom stereocenters. The van der Waals surface area contributed by atoms with Gasteiger partial charge in [0, 0.05) is 12.3 Å². The SMILES string of the molecule is O=C1CCC[C@H]1[C@H](O)C1CCCCCC1. The van der Waals surface area contributed by atoms with Crippen LogP contribution in [0.2, 0.25) is 0 Å². The van der Waals surface area contributed by atoms with Crippen LogP contribution in [0, 0.1) is 11.8 Å². The lowest BCUT2D eigenvalue weighted by molar-refractivity contribution is -0.125. The van der Waals surface area contributed by atoms with Crippen molar-refractivity contribution in [1.82, 2.24) is 0 Å². The number of hydrogen-bond donors (Lipinski definition) is 1. The van der Waals surface area contributed by atoms with Crippen LogP contribution in [-0.2, 0) is 4.79 Å². The van der Waals surface area contributed by atoms with Crippen molar-refractivity contribution in [2.45, 2.75) is 63.9 Å². The molecular formula is C13H22O2. The first kappa shape index (κ1) is 11.1. The lowest BCUT2D eigenvalue weighted by atomic mass is 9.84. The molecule has 0 aromatic rings. The maximum absolute atomic E-state index is 11.6. The van der Waals surface area contributed by atoms with Crippen molar-refractivity contribution < 1.29 is 9.90 Å². The van der Waals surface area contributed by atoms with Gasteiger partial charge < -0.3 is 5.11 Å². The second-order valence-electron chi connectivity index (χ2n) is 5.21. The van der Waals surface area contributed by atoms with E-state index in [1.54, 1.807) is 0 Å². The summed E-state index contributed by atoms with van der Waals surface area (Å²) in [6, 6.07) is 0. The topological polar surface area (TPSA) is 37.3 Å². The molecule has 2 saturated carbocycles. The molecule has 2 rings (SSSR count). The molecule has 2 nitrogen and oxygen atoms in total. The van der Waals surface area contributed by atoms with Gasteiger partial charge in [-0.1, -0.05) is 25.7 Å². The molecule has 2 aliphatic rings. The summed E-state index contributed by atoms with van der Waals surface area (Å²) < 4.78 is 0. The first-order chi connectivity index (χ1) is 7.29. The largest absolute Gasteiger partial charge is 0.392 e. The van der Waals surface area contributed by atoms with E-state index >= 15 is 0 Å². The van der Waals surface area contributed by atoms with Gasteiger partial charge in [-0.2, -0.15) is 0 Å². The number of Topliss-reactive ketones (excluding diaryl/α,β-unsaturated/α-hetero) is 1. The van der Waals surface area contributed by atoms with Crippen molar-refractivity contribution >= 4 is 5.78 Å². The maximum atomic E-state index is 11.6. The van der Waals surface area contributed by atoms with E-state index in [-0.39, 0.29) is 12.0 Å². The molecule has 0 aliphatic heterocycles. The Labute approximate surface area is 92.1 Å². The first-order valence-corrected chi connectivity index (χ1v) is 6.50. The Kier molecular flexibility index (Phi) is 3.79. The van der Waals surface area contributed by atoms with Gasteiger partial charge >= 0.3 is 0 Å². The lowest BCUT2D eigenvalue weighted by Crippen LogP contribution is -2.31. The van der Waals surface area contributed by atoms with Crippen molar-refractivity contribution in [1.29, 1.82) is 0 Å². The molecule has 2 heteroatoms. The first-order valence-electron chi connectivity index (χ1n) is 6.50. The highest BCUT2D eigenvalue weighted by Gasteiger charge is 2.35. The van der Waals surface area contributed by atoms with E-state index in [1.165, 1.54) is 25.7 Å². The molecular weight excluding hydrogens is 188 g/mol. The summed E-state index contributed by atoms with van der Waals surface area (Å²) in [5.41, 5.74) is 0. The van der Waals surface area contributed by atoms with Gasteiger partial charge in [-0.25, -0.2) is 0 Å². The number of hydrogen-bond acceptors (Lipinski definition) is 2. The summed E-state index contributed by atoms with van der Waals surface area (Å²) in [7, 11) is 0. The van der Waals surface area contributed by atoms with Crippen LogP contribution in [0.15, 0.2) is 0 Å². The van der Waals surface area contributed by atoms with Crippen LogP contribution in [0.3, 0.4) is 0 Å². The van der Waals surface area contributed by atoms with Crippen molar-refractivity contribution in [3.8, 4) is 0 Å². The Hall–Kier alpha value is -0.370. The predicted octanol–water partition coefficient (Wildman–Crippen LogP) is 2.69. The van der Waals surface area contributed by atoms with Gasteiger partial charge in [0.25, 0.3) is 0 Å². The Morgan fingerprint density at radius 1 is 1.00 bits per heavy atom. The van der Waals surface area contributed by atoms with E-state index < -0.39 is 0 Å². The van der Waals surface area contributed by atoms with Gasteiger partial charge in [0.15, 0.2) is 0 Å². The number of aliphatic hydroxyl groups excluding tert-OH is 1. The molecule has 2 fully saturated rings. The van der Waals surface area contributed by atoms with Crippen LogP contribution in [0.4, 0.5) is 0 Å². The van der Waals surface area contributed by atoms with Crippen LogP contribution in [0.25, 0.3) is 0 Å². The third-order valence-corrected chi connectivity index (χ3v) is 4.15. The van der Waals surface area contributed by atoms with Crippen molar-refractivity contribution in [2.24, 2.45) is 11.8 Å². The molecule has 0 heterocycles.